The molecule has 0 aliphatic heterocycles. The molecule has 5 rings (SSSR count). The zero-order valence-corrected chi connectivity index (χ0v) is 22.7. The van der Waals surface area contributed by atoms with Gasteiger partial charge in [0, 0.05) is 31.7 Å². The fourth-order valence-corrected chi connectivity index (χ4v) is 4.63. The Balaban J connectivity index is 1.60. The fraction of sp³-hybridized carbons (Fsp3) is 0.286. The summed E-state index contributed by atoms with van der Waals surface area (Å²) in [5.41, 5.74) is -0.735. The number of ether oxygens (including phenoxy) is 1. The molecule has 0 bridgehead atoms. The van der Waals surface area contributed by atoms with Gasteiger partial charge in [0.25, 0.3) is 5.56 Å². The Hall–Kier alpha value is -5.01. The average molecular weight is 582 g/mol. The van der Waals surface area contributed by atoms with Gasteiger partial charge in [-0.25, -0.2) is 14.6 Å². The molecule has 0 saturated heterocycles. The summed E-state index contributed by atoms with van der Waals surface area (Å²) in [4.78, 5) is 47.9. The highest BCUT2D eigenvalue weighted by Crippen LogP contribution is 2.30. The molecule has 4 heterocycles. The number of aromatic nitrogens is 7. The van der Waals surface area contributed by atoms with E-state index >= 15 is 0 Å². The number of benzene rings is 1. The average Bonchev–Trinajstić information content (AvgIpc) is 3.59. The van der Waals surface area contributed by atoms with E-state index in [0.29, 0.717) is 17.5 Å². The minimum absolute atomic E-state index is 0.0309. The molecule has 0 atom stereocenters. The van der Waals surface area contributed by atoms with Crippen molar-refractivity contribution < 1.29 is 22.7 Å². The summed E-state index contributed by atoms with van der Waals surface area (Å²) in [5.74, 6) is -0.499. The summed E-state index contributed by atoms with van der Waals surface area (Å²) in [6.07, 6.45) is 1.89. The summed E-state index contributed by atoms with van der Waals surface area (Å²) < 4.78 is 50.4. The van der Waals surface area contributed by atoms with E-state index in [9.17, 15) is 27.6 Å². The van der Waals surface area contributed by atoms with E-state index in [0.717, 1.165) is 16.7 Å². The van der Waals surface area contributed by atoms with Crippen LogP contribution in [0.2, 0.25) is 0 Å². The van der Waals surface area contributed by atoms with Crippen LogP contribution in [0.5, 0.6) is 0 Å². The Morgan fingerprint density at radius 1 is 1.02 bits per heavy atom. The number of rotatable bonds is 9. The van der Waals surface area contributed by atoms with E-state index < -0.39 is 35.7 Å². The van der Waals surface area contributed by atoms with Gasteiger partial charge in [0.2, 0.25) is 0 Å². The van der Waals surface area contributed by atoms with Crippen LogP contribution in [0.3, 0.4) is 0 Å². The monoisotopic (exact) mass is 581 g/mol. The SMILES string of the molecule is CCCn1c(=O)c2c(nc(-c3cnn(Cc4cccc(C(F)(F)F)c4)c3)n2COC(=O)c2cccnc2)n(CC)c1=O. The number of hydrogen-bond donors (Lipinski definition) is 0. The topological polar surface area (TPSA) is 119 Å². The third kappa shape index (κ3) is 5.47. The number of carbonyl (C=O) groups is 1. The molecular formula is C28H26F3N7O4. The van der Waals surface area contributed by atoms with Crippen LogP contribution < -0.4 is 11.2 Å². The van der Waals surface area contributed by atoms with Gasteiger partial charge in [-0.1, -0.05) is 19.1 Å². The number of imidazole rings is 1. The molecule has 0 N–H and O–H groups in total. The number of aryl methyl sites for hydroxylation is 1. The van der Waals surface area contributed by atoms with E-state index in [4.69, 9.17) is 4.74 Å². The second kappa shape index (κ2) is 11.5. The Bertz CT molecular complexity index is 1870. The number of fused-ring (bicyclic) bond motifs is 1. The zero-order valence-electron chi connectivity index (χ0n) is 22.7. The molecule has 14 heteroatoms. The molecule has 42 heavy (non-hydrogen) atoms. The number of alkyl halides is 3. The third-order valence-electron chi connectivity index (χ3n) is 6.59. The molecule has 0 unspecified atom stereocenters. The second-order valence-corrected chi connectivity index (χ2v) is 9.45. The molecule has 0 radical (unpaired) electrons. The van der Waals surface area contributed by atoms with Crippen LogP contribution in [0.1, 0.15) is 41.8 Å². The number of esters is 1. The smallest absolute Gasteiger partial charge is 0.416 e. The molecule has 1 aromatic carbocycles. The highest BCUT2D eigenvalue weighted by Gasteiger charge is 2.30. The normalized spacial score (nSPS) is 11.7. The first kappa shape index (κ1) is 28.5. The Morgan fingerprint density at radius 3 is 2.52 bits per heavy atom. The van der Waals surface area contributed by atoms with Crippen LogP contribution in [0.25, 0.3) is 22.6 Å². The van der Waals surface area contributed by atoms with Gasteiger partial charge in [-0.05, 0) is 43.2 Å². The highest BCUT2D eigenvalue weighted by molar-refractivity contribution is 5.89. The lowest BCUT2D eigenvalue weighted by molar-refractivity contribution is -0.137. The molecule has 0 aliphatic rings. The molecule has 4 aromatic heterocycles. The second-order valence-electron chi connectivity index (χ2n) is 9.45. The van der Waals surface area contributed by atoms with Crippen molar-refractivity contribution in [1.29, 1.82) is 0 Å². The van der Waals surface area contributed by atoms with Crippen LogP contribution in [-0.4, -0.2) is 39.4 Å². The van der Waals surface area contributed by atoms with Crippen LogP contribution >= 0.6 is 0 Å². The predicted octanol–water partition coefficient (Wildman–Crippen LogP) is 3.93. The maximum absolute atomic E-state index is 13.6. The molecule has 5 aromatic rings. The Labute approximate surface area is 236 Å². The van der Waals surface area contributed by atoms with Crippen LogP contribution in [0.4, 0.5) is 13.2 Å². The van der Waals surface area contributed by atoms with Gasteiger partial charge >= 0.3 is 17.8 Å². The molecule has 0 amide bonds. The van der Waals surface area contributed by atoms with Gasteiger partial charge in [-0.3, -0.25) is 28.2 Å². The lowest BCUT2D eigenvalue weighted by atomic mass is 10.1. The maximum atomic E-state index is 13.6. The number of nitrogens with zero attached hydrogens (tertiary/aromatic N) is 7. The number of hydrogen-bond acceptors (Lipinski definition) is 7. The predicted molar refractivity (Wildman–Crippen MR) is 146 cm³/mol. The van der Waals surface area contributed by atoms with Crippen LogP contribution in [0.15, 0.2) is 70.8 Å². The Kier molecular flexibility index (Phi) is 7.79. The summed E-state index contributed by atoms with van der Waals surface area (Å²) >= 11 is 0. The summed E-state index contributed by atoms with van der Waals surface area (Å²) in [5, 5.41) is 4.28. The van der Waals surface area contributed by atoms with Gasteiger partial charge in [0.05, 0.1) is 29.4 Å². The van der Waals surface area contributed by atoms with Crippen LogP contribution in [-0.2, 0) is 37.3 Å². The lowest BCUT2D eigenvalue weighted by Crippen LogP contribution is -2.40. The Morgan fingerprint density at radius 2 is 1.83 bits per heavy atom. The minimum Gasteiger partial charge on any atom is -0.440 e. The van der Waals surface area contributed by atoms with Gasteiger partial charge in [-0.15, -0.1) is 0 Å². The standard InChI is InChI=1S/C28H26F3N7O4/c1-3-11-37-25(39)22-24(36(4-2)27(37)41)34-23(38(22)17-42-26(40)19-8-6-10-32-13-19)20-14-33-35(16-20)15-18-7-5-9-21(12-18)28(29,30)31/h5-10,12-14,16H,3-4,11,15,17H2,1-2H3. The van der Waals surface area contributed by atoms with E-state index in [-0.39, 0.29) is 42.2 Å². The van der Waals surface area contributed by atoms with Crippen molar-refractivity contribution in [2.45, 2.75) is 52.8 Å². The molecule has 11 nitrogen and oxygen atoms in total. The largest absolute Gasteiger partial charge is 0.440 e. The number of carbonyl (C=O) groups excluding carboxylic acids is 1. The quantitative estimate of drug-likeness (QED) is 0.242. The van der Waals surface area contributed by atoms with Crippen molar-refractivity contribution in [2.24, 2.45) is 0 Å². The van der Waals surface area contributed by atoms with Crippen molar-refractivity contribution in [1.82, 2.24) is 33.4 Å². The third-order valence-corrected chi connectivity index (χ3v) is 6.59. The van der Waals surface area contributed by atoms with Gasteiger partial charge in [-0.2, -0.15) is 18.3 Å². The molecular weight excluding hydrogens is 555 g/mol. The van der Waals surface area contributed by atoms with Crippen LogP contribution in [0, 0.1) is 0 Å². The summed E-state index contributed by atoms with van der Waals surface area (Å²) in [7, 11) is 0. The fourth-order valence-electron chi connectivity index (χ4n) is 4.63. The minimum atomic E-state index is -4.48. The van der Waals surface area contributed by atoms with Crippen molar-refractivity contribution in [2.75, 3.05) is 0 Å². The van der Waals surface area contributed by atoms with Gasteiger partial charge in [0.15, 0.2) is 17.9 Å². The van der Waals surface area contributed by atoms with E-state index in [2.05, 4.69) is 15.1 Å². The summed E-state index contributed by atoms with van der Waals surface area (Å²) in [6.45, 7) is 3.60. The van der Waals surface area contributed by atoms with Crippen molar-refractivity contribution in [3.63, 3.8) is 0 Å². The number of halogens is 3. The van der Waals surface area contributed by atoms with Crippen molar-refractivity contribution >= 4 is 17.1 Å². The first-order valence-corrected chi connectivity index (χ1v) is 13.1. The van der Waals surface area contributed by atoms with E-state index in [1.54, 1.807) is 25.3 Å². The molecule has 0 spiro atoms. The maximum Gasteiger partial charge on any atom is 0.416 e. The first-order chi connectivity index (χ1) is 20.1. The van der Waals surface area contributed by atoms with E-state index in [1.165, 1.54) is 44.5 Å². The van der Waals surface area contributed by atoms with Gasteiger partial charge < -0.3 is 4.74 Å². The lowest BCUT2D eigenvalue weighted by Gasteiger charge is -2.12. The van der Waals surface area contributed by atoms with Crippen molar-refractivity contribution in [3.8, 4) is 11.4 Å². The molecule has 0 saturated carbocycles. The first-order valence-electron chi connectivity index (χ1n) is 13.1. The molecule has 218 valence electrons. The molecule has 0 fully saturated rings. The molecule has 0 aliphatic carbocycles. The summed E-state index contributed by atoms with van der Waals surface area (Å²) in [6, 6.07) is 8.03. The zero-order chi connectivity index (χ0) is 30.0. The number of pyridine rings is 1. The van der Waals surface area contributed by atoms with E-state index in [1.807, 2.05) is 6.92 Å². The van der Waals surface area contributed by atoms with Crippen molar-refractivity contribution in [3.05, 3.63) is 98.7 Å². The highest BCUT2D eigenvalue weighted by atomic mass is 19.4. The van der Waals surface area contributed by atoms with Gasteiger partial charge in [0.1, 0.15) is 5.82 Å².